The van der Waals surface area contributed by atoms with Crippen molar-refractivity contribution >= 4 is 21.7 Å². The van der Waals surface area contributed by atoms with Gasteiger partial charge >= 0.3 is 5.97 Å². The number of nitrogens with two attached hydrogens (primary N) is 1. The molecule has 2 N–H and O–H groups in total. The van der Waals surface area contributed by atoms with Crippen molar-refractivity contribution in [1.82, 2.24) is 4.31 Å². The molecule has 0 saturated carbocycles. The summed E-state index contributed by atoms with van der Waals surface area (Å²) in [6.45, 7) is 1.25. The summed E-state index contributed by atoms with van der Waals surface area (Å²) in [6.07, 6.45) is 0. The number of nitrogens with zero attached hydrogens (tertiary/aromatic N) is 1. The number of carbonyl (C=O) groups excluding carboxylic acids is 1. The predicted octanol–water partition coefficient (Wildman–Crippen LogP) is 0.977. The number of benzene rings is 1. The average Bonchev–Trinajstić information content (AvgIpc) is 2.41. The van der Waals surface area contributed by atoms with Crippen LogP contribution in [0, 0.1) is 17.6 Å². The van der Waals surface area contributed by atoms with E-state index in [1.165, 1.54) is 21.1 Å². The van der Waals surface area contributed by atoms with E-state index in [0.717, 1.165) is 4.31 Å². The lowest BCUT2D eigenvalue weighted by molar-refractivity contribution is -0.144. The first-order valence-electron chi connectivity index (χ1n) is 5.90. The van der Waals surface area contributed by atoms with Crippen molar-refractivity contribution in [2.24, 2.45) is 5.92 Å². The molecule has 9 heteroatoms. The van der Waals surface area contributed by atoms with E-state index in [2.05, 4.69) is 4.74 Å². The number of methoxy groups -OCH3 is 1. The number of ether oxygens (including phenoxy) is 1. The van der Waals surface area contributed by atoms with E-state index >= 15 is 0 Å². The normalized spacial score (nSPS) is 13.2. The number of hydrogen-bond donors (Lipinski definition) is 1. The molecule has 6 nitrogen and oxygen atoms in total. The molecule has 0 radical (unpaired) electrons. The molecule has 0 saturated heterocycles. The molecule has 0 spiro atoms. The molecule has 1 aromatic carbocycles. The van der Waals surface area contributed by atoms with E-state index in [1.54, 1.807) is 0 Å². The largest absolute Gasteiger partial charge is 0.469 e. The van der Waals surface area contributed by atoms with Crippen molar-refractivity contribution in [2.75, 3.05) is 26.4 Å². The second-order valence-corrected chi connectivity index (χ2v) is 6.53. The molecule has 0 aliphatic carbocycles. The van der Waals surface area contributed by atoms with Gasteiger partial charge in [-0.1, -0.05) is 6.92 Å². The second-order valence-electron chi connectivity index (χ2n) is 4.51. The fourth-order valence-corrected chi connectivity index (χ4v) is 3.01. The minimum Gasteiger partial charge on any atom is -0.469 e. The Kier molecular flexibility index (Phi) is 5.24. The quantitative estimate of drug-likeness (QED) is 0.644. The van der Waals surface area contributed by atoms with Gasteiger partial charge in [-0.3, -0.25) is 4.79 Å². The summed E-state index contributed by atoms with van der Waals surface area (Å²) in [7, 11) is -1.89. The molecule has 0 fully saturated rings. The number of sulfonamides is 1. The fourth-order valence-electron chi connectivity index (χ4n) is 1.67. The first kappa shape index (κ1) is 17.3. The Labute approximate surface area is 121 Å². The molecule has 1 unspecified atom stereocenters. The second kappa shape index (κ2) is 6.35. The minimum absolute atomic E-state index is 0.217. The van der Waals surface area contributed by atoms with Crippen LogP contribution in [0.3, 0.4) is 0 Å². The van der Waals surface area contributed by atoms with Gasteiger partial charge in [0.2, 0.25) is 10.0 Å². The van der Waals surface area contributed by atoms with Crippen molar-refractivity contribution < 1.29 is 26.7 Å². The Morgan fingerprint density at radius 2 is 1.95 bits per heavy atom. The smallest absolute Gasteiger partial charge is 0.309 e. The van der Waals surface area contributed by atoms with Gasteiger partial charge in [0.05, 0.1) is 18.7 Å². The zero-order chi connectivity index (χ0) is 16.4. The monoisotopic (exact) mass is 322 g/mol. The zero-order valence-corrected chi connectivity index (χ0v) is 12.6. The summed E-state index contributed by atoms with van der Waals surface area (Å²) in [6, 6.07) is 1.11. The van der Waals surface area contributed by atoms with Gasteiger partial charge in [-0.2, -0.15) is 4.31 Å². The van der Waals surface area contributed by atoms with Crippen LogP contribution < -0.4 is 5.73 Å². The third kappa shape index (κ3) is 3.67. The molecule has 1 atom stereocenters. The number of esters is 1. The summed E-state index contributed by atoms with van der Waals surface area (Å²) in [5.74, 6) is -3.64. The van der Waals surface area contributed by atoms with Crippen molar-refractivity contribution in [3.63, 3.8) is 0 Å². The van der Waals surface area contributed by atoms with Gasteiger partial charge in [-0.05, 0) is 6.07 Å². The van der Waals surface area contributed by atoms with E-state index in [9.17, 15) is 22.0 Å². The third-order valence-corrected chi connectivity index (χ3v) is 4.71. The first-order valence-corrected chi connectivity index (χ1v) is 7.34. The highest BCUT2D eigenvalue weighted by molar-refractivity contribution is 7.89. The highest BCUT2D eigenvalue weighted by atomic mass is 32.2. The number of rotatable bonds is 5. The number of carbonyl (C=O) groups is 1. The summed E-state index contributed by atoms with van der Waals surface area (Å²) < 4.78 is 56.4. The lowest BCUT2D eigenvalue weighted by Gasteiger charge is -2.20. The highest BCUT2D eigenvalue weighted by Crippen LogP contribution is 2.24. The van der Waals surface area contributed by atoms with E-state index < -0.39 is 44.1 Å². The van der Waals surface area contributed by atoms with E-state index in [0.29, 0.717) is 12.1 Å². The van der Waals surface area contributed by atoms with Gasteiger partial charge in [0.25, 0.3) is 0 Å². The van der Waals surface area contributed by atoms with Gasteiger partial charge in [-0.25, -0.2) is 17.2 Å². The maximum absolute atomic E-state index is 13.7. The van der Waals surface area contributed by atoms with E-state index in [1.807, 2.05) is 0 Å². The van der Waals surface area contributed by atoms with Gasteiger partial charge in [0.15, 0.2) is 0 Å². The van der Waals surface area contributed by atoms with Crippen LogP contribution in [-0.4, -0.2) is 39.4 Å². The van der Waals surface area contributed by atoms with Crippen LogP contribution in [0.2, 0.25) is 0 Å². The van der Waals surface area contributed by atoms with Crippen LogP contribution in [0.25, 0.3) is 0 Å². The topological polar surface area (TPSA) is 89.7 Å². The maximum Gasteiger partial charge on any atom is 0.309 e. The molecule has 0 aliphatic heterocycles. The number of hydrogen-bond acceptors (Lipinski definition) is 5. The van der Waals surface area contributed by atoms with Crippen molar-refractivity contribution in [1.29, 1.82) is 0 Å². The van der Waals surface area contributed by atoms with Gasteiger partial charge < -0.3 is 10.5 Å². The summed E-state index contributed by atoms with van der Waals surface area (Å²) in [5.41, 5.74) is 4.78. The summed E-state index contributed by atoms with van der Waals surface area (Å²) >= 11 is 0. The Morgan fingerprint density at radius 3 is 2.48 bits per heavy atom. The Balaban J connectivity index is 3.11. The molecule has 118 valence electrons. The van der Waals surface area contributed by atoms with Gasteiger partial charge in [-0.15, -0.1) is 0 Å². The molecule has 0 aromatic heterocycles. The maximum atomic E-state index is 13.7. The lowest BCUT2D eigenvalue weighted by atomic mass is 10.2. The van der Waals surface area contributed by atoms with Crippen molar-refractivity contribution in [3.8, 4) is 0 Å². The summed E-state index contributed by atoms with van der Waals surface area (Å²) in [4.78, 5) is 10.5. The van der Waals surface area contributed by atoms with Crippen LogP contribution in [0.1, 0.15) is 6.92 Å². The molecule has 0 bridgehead atoms. The van der Waals surface area contributed by atoms with Gasteiger partial charge in [0.1, 0.15) is 16.5 Å². The van der Waals surface area contributed by atoms with Crippen LogP contribution >= 0.6 is 0 Å². The standard InChI is InChI=1S/C12H16F2N2O4S/c1-7(12(17)20-3)6-16(2)21(18,19)11-5-10(15)8(13)4-9(11)14/h4-5,7H,6,15H2,1-3H3. The van der Waals surface area contributed by atoms with Gasteiger partial charge in [0, 0.05) is 19.7 Å². The van der Waals surface area contributed by atoms with Crippen LogP contribution in [0.4, 0.5) is 14.5 Å². The van der Waals surface area contributed by atoms with E-state index in [4.69, 9.17) is 5.73 Å². The molecular formula is C12H16F2N2O4S. The minimum atomic E-state index is -4.24. The zero-order valence-electron chi connectivity index (χ0n) is 11.8. The van der Waals surface area contributed by atoms with Crippen LogP contribution in [-0.2, 0) is 19.6 Å². The van der Waals surface area contributed by atoms with Crippen LogP contribution in [0.15, 0.2) is 17.0 Å². The Bertz CT molecular complexity index is 649. The molecule has 1 aromatic rings. The molecule has 0 amide bonds. The van der Waals surface area contributed by atoms with Crippen molar-refractivity contribution in [3.05, 3.63) is 23.8 Å². The predicted molar refractivity (Wildman–Crippen MR) is 71.8 cm³/mol. The van der Waals surface area contributed by atoms with Crippen LogP contribution in [0.5, 0.6) is 0 Å². The Hall–Kier alpha value is -1.74. The number of nitrogen functional groups attached to an aromatic ring is 1. The highest BCUT2D eigenvalue weighted by Gasteiger charge is 2.28. The molecule has 0 aliphatic rings. The Morgan fingerprint density at radius 1 is 1.38 bits per heavy atom. The molecular weight excluding hydrogens is 306 g/mol. The molecule has 0 heterocycles. The number of halogens is 2. The van der Waals surface area contributed by atoms with Crippen molar-refractivity contribution in [2.45, 2.75) is 11.8 Å². The third-order valence-electron chi connectivity index (χ3n) is 2.87. The average molecular weight is 322 g/mol. The van der Waals surface area contributed by atoms with E-state index in [-0.39, 0.29) is 6.54 Å². The fraction of sp³-hybridized carbons (Fsp3) is 0.417. The first-order chi connectivity index (χ1) is 9.61. The molecule has 1 rings (SSSR count). The summed E-state index contributed by atoms with van der Waals surface area (Å²) in [5, 5.41) is 0. The number of anilines is 1. The molecule has 21 heavy (non-hydrogen) atoms. The lowest BCUT2D eigenvalue weighted by Crippen LogP contribution is -2.34. The SMILES string of the molecule is COC(=O)C(C)CN(C)S(=O)(=O)c1cc(N)c(F)cc1F.